The van der Waals surface area contributed by atoms with E-state index in [1.807, 2.05) is 0 Å². The lowest BCUT2D eigenvalue weighted by molar-refractivity contribution is -0.161. The van der Waals surface area contributed by atoms with Gasteiger partial charge in [0.15, 0.2) is 6.10 Å². The fourth-order valence-corrected chi connectivity index (χ4v) is 8.93. The zero-order chi connectivity index (χ0) is 55.5. The topological polar surface area (TPSA) is 155 Å². The molecule has 0 aromatic heterocycles. The molecule has 438 valence electrons. The first kappa shape index (κ1) is 72.7. The van der Waals surface area contributed by atoms with Crippen LogP contribution in [0.25, 0.3) is 0 Å². The van der Waals surface area contributed by atoms with E-state index in [9.17, 15) is 28.9 Å². The van der Waals surface area contributed by atoms with Crippen LogP contribution in [0, 0.1) is 0 Å². The summed E-state index contributed by atoms with van der Waals surface area (Å²) in [5.41, 5.74) is 0. The van der Waals surface area contributed by atoms with E-state index in [4.69, 9.17) is 23.3 Å². The number of carbonyl (C=O) groups is 3. The van der Waals surface area contributed by atoms with Gasteiger partial charge in [-0.25, -0.2) is 4.57 Å². The maximum absolute atomic E-state index is 12.9. The van der Waals surface area contributed by atoms with Crippen LogP contribution in [0.15, 0.2) is 85.1 Å². The molecule has 11 nitrogen and oxygen atoms in total. The molecule has 3 unspecified atom stereocenters. The Morgan fingerprint density at radius 1 is 0.382 bits per heavy atom. The van der Waals surface area contributed by atoms with Crippen LogP contribution in [0.3, 0.4) is 0 Å². The van der Waals surface area contributed by atoms with E-state index in [1.54, 1.807) is 0 Å². The van der Waals surface area contributed by atoms with Crippen molar-refractivity contribution in [3.05, 3.63) is 85.1 Å². The summed E-state index contributed by atoms with van der Waals surface area (Å²) in [6.45, 7) is 4.43. The lowest BCUT2D eigenvalue weighted by atomic mass is 10.1. The Morgan fingerprint density at radius 2 is 0.711 bits per heavy atom. The van der Waals surface area contributed by atoms with Crippen LogP contribution in [-0.2, 0) is 42.2 Å². The van der Waals surface area contributed by atoms with Gasteiger partial charge < -0.3 is 24.2 Å². The number of hydrogen-bond donors (Lipinski definition) is 2. The third-order valence-electron chi connectivity index (χ3n) is 12.8. The molecule has 2 N–H and O–H groups in total. The van der Waals surface area contributed by atoms with Crippen LogP contribution in [0.5, 0.6) is 0 Å². The molecule has 0 aliphatic carbocycles. The number of carbonyl (C=O) groups excluding carboxylic acids is 3. The number of phosphoric acid groups is 1. The molecule has 0 saturated carbocycles. The molecule has 12 heteroatoms. The number of rotatable bonds is 56. The molecule has 0 bridgehead atoms. The fourth-order valence-electron chi connectivity index (χ4n) is 8.14. The van der Waals surface area contributed by atoms with Gasteiger partial charge in [-0.1, -0.05) is 221 Å². The molecule has 0 aromatic carbocycles. The maximum atomic E-state index is 12.9. The van der Waals surface area contributed by atoms with E-state index in [-0.39, 0.29) is 25.9 Å². The number of ether oxygens (including phenoxy) is 3. The minimum absolute atomic E-state index is 0.157. The number of aliphatic hydroxyl groups is 1. The van der Waals surface area contributed by atoms with Crippen molar-refractivity contribution in [2.24, 2.45) is 0 Å². The highest BCUT2D eigenvalue weighted by Gasteiger charge is 2.28. The van der Waals surface area contributed by atoms with Crippen molar-refractivity contribution < 1.29 is 52.2 Å². The molecular formula is C64H111O11P. The van der Waals surface area contributed by atoms with E-state index in [0.29, 0.717) is 19.3 Å². The quantitative estimate of drug-likeness (QED) is 0.0197. The smallest absolute Gasteiger partial charge is 0.462 e. The second kappa shape index (κ2) is 57.8. The van der Waals surface area contributed by atoms with Gasteiger partial charge in [-0.3, -0.25) is 23.4 Å². The van der Waals surface area contributed by atoms with Crippen LogP contribution >= 0.6 is 7.82 Å². The molecule has 0 amide bonds. The van der Waals surface area contributed by atoms with Crippen molar-refractivity contribution in [3.8, 4) is 0 Å². The molecule has 3 atom stereocenters. The third kappa shape index (κ3) is 55.4. The molecule has 76 heavy (non-hydrogen) atoms. The Hall–Kier alpha value is -3.34. The highest BCUT2D eigenvalue weighted by molar-refractivity contribution is 7.47. The fraction of sp³-hybridized carbons (Fsp3) is 0.734. The van der Waals surface area contributed by atoms with Gasteiger partial charge in [0.05, 0.1) is 19.8 Å². The van der Waals surface area contributed by atoms with E-state index >= 15 is 0 Å². The minimum atomic E-state index is -4.76. The lowest BCUT2D eigenvalue weighted by Gasteiger charge is -2.21. The molecule has 0 heterocycles. The van der Waals surface area contributed by atoms with E-state index in [2.05, 4.69) is 106 Å². The van der Waals surface area contributed by atoms with Crippen molar-refractivity contribution >= 4 is 25.7 Å². The van der Waals surface area contributed by atoms with E-state index < -0.39 is 57.8 Å². The number of hydrogen-bond acceptors (Lipinski definition) is 10. The summed E-state index contributed by atoms with van der Waals surface area (Å²) in [6, 6.07) is 0. The van der Waals surface area contributed by atoms with Gasteiger partial charge in [0, 0.05) is 19.3 Å². The van der Waals surface area contributed by atoms with E-state index in [1.165, 1.54) is 77.0 Å². The first-order valence-electron chi connectivity index (χ1n) is 30.5. The molecule has 0 aromatic rings. The Balaban J connectivity index is 4.70. The number of aliphatic hydroxyl groups excluding tert-OH is 1. The zero-order valence-corrected chi connectivity index (χ0v) is 49.3. The van der Waals surface area contributed by atoms with Crippen LogP contribution < -0.4 is 0 Å². The molecule has 0 rings (SSSR count). The number of phosphoric ester groups is 1. The van der Waals surface area contributed by atoms with Gasteiger partial charge in [0.1, 0.15) is 12.7 Å². The molecule has 0 radical (unpaired) electrons. The largest absolute Gasteiger partial charge is 0.472 e. The Labute approximate surface area is 464 Å². The molecule has 0 aliphatic heterocycles. The standard InChI is InChI=1S/C64H111O11P/c1-4-7-10-13-16-19-22-25-27-29-30-32-34-37-40-43-46-49-52-55-64(68)75-61(57-71-62(66)53-50-47-44-41-38-35-24-21-18-15-12-9-6-3)59-73-76(69,70)72-58-60(56-65)74-63(67)54-51-48-45-42-39-36-33-31-28-26-23-20-17-14-11-8-5-2/h8,11-12,15-17,19-21,24-28,60-61,65H,4-7,9-10,13-14,18,22-23,29-59H2,1-3H3,(H,69,70)/b11-8-,15-12-,19-16-,20-17-,24-21-,27-25-,28-26-. The van der Waals surface area contributed by atoms with Gasteiger partial charge in [0.25, 0.3) is 0 Å². The normalized spacial score (nSPS) is 13.9. The van der Waals surface area contributed by atoms with Crippen LogP contribution in [0.1, 0.15) is 265 Å². The second-order valence-corrected chi connectivity index (χ2v) is 21.6. The first-order valence-corrected chi connectivity index (χ1v) is 32.0. The molecule has 0 spiro atoms. The monoisotopic (exact) mass is 1090 g/mol. The van der Waals surface area contributed by atoms with Crippen LogP contribution in [0.4, 0.5) is 0 Å². The Morgan fingerprint density at radius 3 is 1.11 bits per heavy atom. The second-order valence-electron chi connectivity index (χ2n) is 20.1. The summed E-state index contributed by atoms with van der Waals surface area (Å²) in [7, 11) is -4.76. The molecule has 0 saturated heterocycles. The first-order chi connectivity index (χ1) is 37.2. The predicted octanol–water partition coefficient (Wildman–Crippen LogP) is 18.3. The van der Waals surface area contributed by atoms with Crippen LogP contribution in [0.2, 0.25) is 0 Å². The van der Waals surface area contributed by atoms with Crippen molar-refractivity contribution in [1.82, 2.24) is 0 Å². The van der Waals surface area contributed by atoms with Gasteiger partial charge in [0.2, 0.25) is 0 Å². The molecular weight excluding hydrogens is 976 g/mol. The van der Waals surface area contributed by atoms with Gasteiger partial charge in [-0.2, -0.15) is 0 Å². The van der Waals surface area contributed by atoms with Crippen molar-refractivity contribution in [2.75, 3.05) is 26.4 Å². The highest BCUT2D eigenvalue weighted by Crippen LogP contribution is 2.43. The molecule has 0 aliphatic rings. The van der Waals surface area contributed by atoms with Crippen LogP contribution in [-0.4, -0.2) is 66.5 Å². The van der Waals surface area contributed by atoms with E-state index in [0.717, 1.165) is 128 Å². The summed E-state index contributed by atoms with van der Waals surface area (Å²) < 4.78 is 39.6. The van der Waals surface area contributed by atoms with Crippen molar-refractivity contribution in [3.63, 3.8) is 0 Å². The number of esters is 3. The number of allylic oxidation sites excluding steroid dienone is 14. The minimum Gasteiger partial charge on any atom is -0.462 e. The van der Waals surface area contributed by atoms with Crippen molar-refractivity contribution in [1.29, 1.82) is 0 Å². The van der Waals surface area contributed by atoms with Crippen molar-refractivity contribution in [2.45, 2.75) is 277 Å². The Bertz CT molecular complexity index is 1600. The highest BCUT2D eigenvalue weighted by atomic mass is 31.2. The SMILES string of the molecule is CC/C=C\C/C=C\C/C=C\CCCCCCCCCC(=O)OC(CO)COP(=O)(O)OCC(COC(=O)CCCCCCC/C=C\C/C=C\CCC)OC(=O)CCCCCCCCCCC/C=C\C/C=C\CCCCC. The summed E-state index contributed by atoms with van der Waals surface area (Å²) in [5, 5.41) is 9.84. The Kier molecular flexibility index (Phi) is 55.3. The van der Waals surface area contributed by atoms with Gasteiger partial charge >= 0.3 is 25.7 Å². The average molecular weight is 1090 g/mol. The average Bonchev–Trinajstić information content (AvgIpc) is 3.41. The summed E-state index contributed by atoms with van der Waals surface area (Å²) in [6.07, 6.45) is 66.7. The third-order valence-corrected chi connectivity index (χ3v) is 13.7. The zero-order valence-electron chi connectivity index (χ0n) is 48.5. The van der Waals surface area contributed by atoms with Gasteiger partial charge in [-0.05, 0) is 109 Å². The summed E-state index contributed by atoms with van der Waals surface area (Å²) >= 11 is 0. The predicted molar refractivity (Wildman–Crippen MR) is 316 cm³/mol. The lowest BCUT2D eigenvalue weighted by Crippen LogP contribution is -2.30. The number of unbranched alkanes of at least 4 members (excludes halogenated alkanes) is 25. The van der Waals surface area contributed by atoms with Gasteiger partial charge in [-0.15, -0.1) is 0 Å². The maximum Gasteiger partial charge on any atom is 0.472 e. The summed E-state index contributed by atoms with van der Waals surface area (Å²) in [5.74, 6) is -1.49. The summed E-state index contributed by atoms with van der Waals surface area (Å²) in [4.78, 5) is 48.6. The molecule has 0 fully saturated rings.